The van der Waals surface area contributed by atoms with Crippen LogP contribution in [0.25, 0.3) is 5.69 Å². The van der Waals surface area contributed by atoms with Gasteiger partial charge in [0.05, 0.1) is 28.9 Å². The molecule has 0 fully saturated rings. The molecule has 4 aromatic rings. The molecule has 198 valence electrons. The van der Waals surface area contributed by atoms with Gasteiger partial charge in [0, 0.05) is 11.1 Å². The van der Waals surface area contributed by atoms with Crippen LogP contribution >= 0.6 is 23.1 Å². The third-order valence-corrected chi connectivity index (χ3v) is 8.68. The van der Waals surface area contributed by atoms with Gasteiger partial charge in [0.15, 0.2) is 25.9 Å². The number of nitrogens with zero attached hydrogens (tertiary/aromatic N) is 4. The summed E-state index contributed by atoms with van der Waals surface area (Å²) in [7, 11) is -3.68. The van der Waals surface area contributed by atoms with Crippen LogP contribution < -0.4 is 5.32 Å². The Kier molecular flexibility index (Phi) is 8.92. The van der Waals surface area contributed by atoms with E-state index in [1.54, 1.807) is 42.0 Å². The van der Waals surface area contributed by atoms with Gasteiger partial charge in [-0.05, 0) is 38.1 Å². The number of sulfone groups is 1. The van der Waals surface area contributed by atoms with E-state index in [0.29, 0.717) is 21.7 Å². The minimum atomic E-state index is -3.68. The molecule has 0 aliphatic heterocycles. The molecule has 1 atom stereocenters. The fourth-order valence-corrected chi connectivity index (χ4v) is 6.28. The van der Waals surface area contributed by atoms with Gasteiger partial charge in [-0.25, -0.2) is 13.4 Å². The Morgan fingerprint density at radius 1 is 1.08 bits per heavy atom. The van der Waals surface area contributed by atoms with Gasteiger partial charge < -0.3 is 10.1 Å². The predicted octanol–water partition coefficient (Wildman–Crippen LogP) is 3.92. The molecule has 0 aliphatic carbocycles. The lowest BCUT2D eigenvalue weighted by atomic mass is 10.3. The first kappa shape index (κ1) is 27.5. The average molecular weight is 572 g/mol. The number of amides is 1. The van der Waals surface area contributed by atoms with Crippen molar-refractivity contribution in [3.63, 3.8) is 0 Å². The number of para-hydroxylation sites is 1. The summed E-state index contributed by atoms with van der Waals surface area (Å²) in [4.78, 5) is 29.0. The number of esters is 1. The first-order chi connectivity index (χ1) is 18.3. The van der Waals surface area contributed by atoms with Crippen LogP contribution in [0.4, 0.5) is 5.13 Å². The molecule has 2 aromatic carbocycles. The molecule has 2 aromatic heterocycles. The van der Waals surface area contributed by atoms with Crippen molar-refractivity contribution in [3.05, 3.63) is 77.6 Å². The maximum atomic E-state index is 13.0. The Bertz CT molecular complexity index is 1500. The van der Waals surface area contributed by atoms with Crippen molar-refractivity contribution >= 4 is 49.9 Å². The lowest BCUT2D eigenvalue weighted by Gasteiger charge is -2.13. The van der Waals surface area contributed by atoms with Gasteiger partial charge in [-0.2, -0.15) is 0 Å². The number of hydrogen-bond acceptors (Lipinski definition) is 10. The third kappa shape index (κ3) is 6.85. The first-order valence-electron chi connectivity index (χ1n) is 11.6. The number of ether oxygens (including phenoxy) is 1. The summed E-state index contributed by atoms with van der Waals surface area (Å²) in [6.45, 7) is 3.72. The van der Waals surface area contributed by atoms with Crippen LogP contribution in [0.2, 0.25) is 0 Å². The van der Waals surface area contributed by atoms with Crippen molar-refractivity contribution < 1.29 is 22.7 Å². The van der Waals surface area contributed by atoms with Gasteiger partial charge in [-0.15, -0.1) is 21.5 Å². The molecule has 0 saturated heterocycles. The highest BCUT2D eigenvalue weighted by atomic mass is 32.2. The second-order valence-corrected chi connectivity index (χ2v) is 12.2. The molecular weight excluding hydrogens is 547 g/mol. The Labute approximate surface area is 228 Å². The molecule has 1 amide bonds. The second kappa shape index (κ2) is 12.3. The number of thiazole rings is 1. The fourth-order valence-electron chi connectivity index (χ4n) is 3.41. The summed E-state index contributed by atoms with van der Waals surface area (Å²) in [5.74, 6) is -0.834. The van der Waals surface area contributed by atoms with E-state index < -0.39 is 15.1 Å². The smallest absolute Gasteiger partial charge is 0.311 e. The van der Waals surface area contributed by atoms with Crippen molar-refractivity contribution in [1.82, 2.24) is 19.7 Å². The minimum Gasteiger partial charge on any atom is -0.466 e. The number of hydrogen-bond donors (Lipinski definition) is 1. The number of carbonyl (C=O) groups excluding carboxylic acids is 2. The molecule has 1 unspecified atom stereocenters. The summed E-state index contributed by atoms with van der Waals surface area (Å²) in [6.07, 6.45) is 0.0271. The topological polar surface area (TPSA) is 133 Å². The molecule has 4 rings (SSSR count). The molecule has 10 nitrogen and oxygen atoms in total. The zero-order valence-corrected chi connectivity index (χ0v) is 23.1. The van der Waals surface area contributed by atoms with Crippen molar-refractivity contribution in [3.8, 4) is 5.69 Å². The lowest BCUT2D eigenvalue weighted by molar-refractivity contribution is -0.142. The summed E-state index contributed by atoms with van der Waals surface area (Å²) >= 11 is 2.35. The molecule has 0 radical (unpaired) electrons. The Morgan fingerprint density at radius 2 is 1.76 bits per heavy atom. The number of rotatable bonds is 11. The minimum absolute atomic E-state index is 0.0271. The number of thioether (sulfide) groups is 1. The van der Waals surface area contributed by atoms with Crippen LogP contribution in [0.5, 0.6) is 0 Å². The maximum absolute atomic E-state index is 13.0. The highest BCUT2D eigenvalue weighted by Crippen LogP contribution is 2.28. The van der Waals surface area contributed by atoms with E-state index in [1.165, 1.54) is 23.5 Å². The maximum Gasteiger partial charge on any atom is 0.311 e. The number of nitrogens with one attached hydrogen (secondary N) is 1. The standard InChI is InChI=1S/C25H25N5O5S3/c1-3-35-22(31)14-18-15-36-24(26-18)27-23(32)17(2)37-25-29-28-21(30(25)19-10-6-4-7-11-19)16-38(33,34)20-12-8-5-9-13-20/h4-13,15,17H,3,14,16H2,1-2H3,(H,26,27,32). The van der Waals surface area contributed by atoms with E-state index in [1.807, 2.05) is 30.3 Å². The fraction of sp³-hybridized carbons (Fsp3) is 0.240. The number of aromatic nitrogens is 4. The molecule has 0 spiro atoms. The van der Waals surface area contributed by atoms with Crippen molar-refractivity contribution in [2.75, 3.05) is 11.9 Å². The lowest BCUT2D eigenvalue weighted by Crippen LogP contribution is -2.23. The van der Waals surface area contributed by atoms with Gasteiger partial charge in [0.1, 0.15) is 5.75 Å². The van der Waals surface area contributed by atoms with Gasteiger partial charge in [0.25, 0.3) is 0 Å². The summed E-state index contributed by atoms with van der Waals surface area (Å²) in [6, 6.07) is 17.3. The van der Waals surface area contributed by atoms with Crippen LogP contribution in [0.1, 0.15) is 25.4 Å². The quantitative estimate of drug-likeness (QED) is 0.210. The molecule has 1 N–H and O–H groups in total. The Morgan fingerprint density at radius 3 is 2.45 bits per heavy atom. The van der Waals surface area contributed by atoms with Crippen LogP contribution in [-0.4, -0.2) is 51.9 Å². The third-order valence-electron chi connectivity index (χ3n) is 5.20. The molecule has 0 aliphatic rings. The zero-order chi connectivity index (χ0) is 27.1. The first-order valence-corrected chi connectivity index (χ1v) is 15.0. The van der Waals surface area contributed by atoms with Gasteiger partial charge in [0.2, 0.25) is 5.91 Å². The summed E-state index contributed by atoms with van der Waals surface area (Å²) in [5.41, 5.74) is 1.19. The van der Waals surface area contributed by atoms with Crippen LogP contribution in [0.3, 0.4) is 0 Å². The van der Waals surface area contributed by atoms with E-state index >= 15 is 0 Å². The van der Waals surface area contributed by atoms with E-state index in [2.05, 4.69) is 20.5 Å². The van der Waals surface area contributed by atoms with E-state index in [0.717, 1.165) is 11.8 Å². The van der Waals surface area contributed by atoms with Crippen LogP contribution in [0.15, 0.2) is 76.1 Å². The average Bonchev–Trinajstić information content (AvgIpc) is 3.51. The molecular formula is C25H25N5O5S3. The highest BCUT2D eigenvalue weighted by molar-refractivity contribution is 8.00. The highest BCUT2D eigenvalue weighted by Gasteiger charge is 2.25. The number of benzene rings is 2. The van der Waals surface area contributed by atoms with Crippen LogP contribution in [0, 0.1) is 0 Å². The molecule has 2 heterocycles. The Hall–Kier alpha value is -3.55. The Balaban J connectivity index is 1.52. The van der Waals surface area contributed by atoms with E-state index in [-0.39, 0.29) is 41.4 Å². The van der Waals surface area contributed by atoms with Crippen molar-refractivity contribution in [2.24, 2.45) is 0 Å². The van der Waals surface area contributed by atoms with E-state index in [9.17, 15) is 18.0 Å². The van der Waals surface area contributed by atoms with Gasteiger partial charge in [-0.1, -0.05) is 48.2 Å². The largest absolute Gasteiger partial charge is 0.466 e. The van der Waals surface area contributed by atoms with Crippen molar-refractivity contribution in [1.29, 1.82) is 0 Å². The zero-order valence-electron chi connectivity index (χ0n) is 20.6. The number of carbonyl (C=O) groups is 2. The summed E-state index contributed by atoms with van der Waals surface area (Å²) in [5, 5.41) is 13.0. The molecule has 0 saturated carbocycles. The SMILES string of the molecule is CCOC(=O)Cc1csc(NC(=O)C(C)Sc2nnc(CS(=O)(=O)c3ccccc3)n2-c2ccccc2)n1. The molecule has 0 bridgehead atoms. The monoisotopic (exact) mass is 571 g/mol. The normalized spacial score (nSPS) is 12.2. The molecule has 38 heavy (non-hydrogen) atoms. The van der Waals surface area contributed by atoms with Crippen molar-refractivity contribution in [2.45, 2.75) is 41.3 Å². The predicted molar refractivity (Wildman–Crippen MR) is 145 cm³/mol. The molecule has 13 heteroatoms. The van der Waals surface area contributed by atoms with Gasteiger partial charge >= 0.3 is 5.97 Å². The summed E-state index contributed by atoms with van der Waals surface area (Å²) < 4.78 is 32.7. The number of anilines is 1. The van der Waals surface area contributed by atoms with E-state index in [4.69, 9.17) is 4.74 Å². The van der Waals surface area contributed by atoms with Crippen LogP contribution in [-0.2, 0) is 36.3 Å². The van der Waals surface area contributed by atoms with Gasteiger partial charge in [-0.3, -0.25) is 14.2 Å². The second-order valence-electron chi connectivity index (χ2n) is 8.02.